The van der Waals surface area contributed by atoms with Crippen LogP contribution in [-0.4, -0.2) is 26.3 Å². The first kappa shape index (κ1) is 17.4. The van der Waals surface area contributed by atoms with Gasteiger partial charge in [-0.1, -0.05) is 71.9 Å². The molecule has 0 spiro atoms. The lowest BCUT2D eigenvalue weighted by molar-refractivity contribution is 0.102. The quantitative estimate of drug-likeness (QED) is 0.473. The van der Waals surface area contributed by atoms with Gasteiger partial charge in [0.15, 0.2) is 10.9 Å². The van der Waals surface area contributed by atoms with Crippen LogP contribution in [-0.2, 0) is 13.0 Å². The molecule has 0 bridgehead atoms. The largest absolute Gasteiger partial charge is 0.306 e. The Hall–Kier alpha value is -2.40. The number of hydrogen-bond acceptors (Lipinski definition) is 4. The van der Waals surface area contributed by atoms with Crippen LogP contribution >= 0.6 is 11.8 Å². The lowest BCUT2D eigenvalue weighted by Crippen LogP contribution is -2.06. The van der Waals surface area contributed by atoms with Crippen LogP contribution in [0.4, 0.5) is 0 Å². The summed E-state index contributed by atoms with van der Waals surface area (Å²) in [5.41, 5.74) is 3.10. The van der Waals surface area contributed by atoms with Crippen LogP contribution in [0, 0.1) is 6.92 Å². The van der Waals surface area contributed by atoms with Crippen molar-refractivity contribution in [3.8, 4) is 0 Å². The zero-order valence-electron chi connectivity index (χ0n) is 14.5. The summed E-state index contributed by atoms with van der Waals surface area (Å²) in [6, 6.07) is 17.9. The van der Waals surface area contributed by atoms with Gasteiger partial charge in [0.25, 0.3) is 0 Å². The number of carbonyl (C=O) groups excluding carboxylic acids is 1. The fraction of sp³-hybridized carbons (Fsp3) is 0.250. The third-order valence-corrected chi connectivity index (χ3v) is 4.99. The number of hydrogen-bond donors (Lipinski definition) is 0. The van der Waals surface area contributed by atoms with Gasteiger partial charge in [0, 0.05) is 18.5 Å². The van der Waals surface area contributed by atoms with Crippen LogP contribution in [0.25, 0.3) is 0 Å². The summed E-state index contributed by atoms with van der Waals surface area (Å²) in [5, 5.41) is 9.41. The maximum absolute atomic E-state index is 12.3. The number of carbonyl (C=O) groups is 1. The molecule has 0 unspecified atom stereocenters. The van der Waals surface area contributed by atoms with Gasteiger partial charge >= 0.3 is 0 Å². The Kier molecular flexibility index (Phi) is 5.66. The topological polar surface area (TPSA) is 47.8 Å². The molecule has 0 radical (unpaired) electrons. The van der Waals surface area contributed by atoms with Crippen molar-refractivity contribution >= 4 is 17.5 Å². The predicted octanol–water partition coefficient (Wildman–Crippen LogP) is 4.17. The van der Waals surface area contributed by atoms with Crippen molar-refractivity contribution in [3.05, 3.63) is 77.1 Å². The minimum absolute atomic E-state index is 0.111. The van der Waals surface area contributed by atoms with E-state index in [1.807, 2.05) is 49.4 Å². The smallest absolute Gasteiger partial charge is 0.191 e. The van der Waals surface area contributed by atoms with E-state index in [4.69, 9.17) is 0 Å². The number of rotatable bonds is 7. The van der Waals surface area contributed by atoms with Crippen molar-refractivity contribution in [2.45, 2.75) is 32.0 Å². The van der Waals surface area contributed by atoms with Crippen LogP contribution in [0.1, 0.15) is 34.2 Å². The second-order valence-corrected chi connectivity index (χ2v) is 6.83. The van der Waals surface area contributed by atoms with Gasteiger partial charge < -0.3 is 4.57 Å². The molecule has 0 saturated heterocycles. The SMILES string of the molecule is CCn1c(Cc2ccccc2)nnc1SCC(=O)c1ccc(C)cc1. The molecule has 0 aliphatic heterocycles. The van der Waals surface area contributed by atoms with Crippen molar-refractivity contribution in [2.24, 2.45) is 0 Å². The first-order chi connectivity index (χ1) is 12.2. The molecule has 1 heterocycles. The number of nitrogens with zero attached hydrogens (tertiary/aromatic N) is 3. The van der Waals surface area contributed by atoms with Crippen LogP contribution in [0.15, 0.2) is 59.8 Å². The second-order valence-electron chi connectivity index (χ2n) is 5.88. The lowest BCUT2D eigenvalue weighted by atomic mass is 10.1. The highest BCUT2D eigenvalue weighted by atomic mass is 32.2. The molecule has 0 amide bonds. The maximum Gasteiger partial charge on any atom is 0.191 e. The van der Waals surface area contributed by atoms with E-state index in [-0.39, 0.29) is 5.78 Å². The Balaban J connectivity index is 1.68. The number of ketones is 1. The van der Waals surface area contributed by atoms with Gasteiger partial charge in [-0.3, -0.25) is 4.79 Å². The molecule has 0 atom stereocenters. The molecule has 5 heteroatoms. The lowest BCUT2D eigenvalue weighted by Gasteiger charge is -2.07. The molecule has 3 rings (SSSR count). The highest BCUT2D eigenvalue weighted by molar-refractivity contribution is 7.99. The summed E-state index contributed by atoms with van der Waals surface area (Å²) < 4.78 is 2.08. The van der Waals surface area contributed by atoms with Crippen LogP contribution < -0.4 is 0 Å². The van der Waals surface area contributed by atoms with Gasteiger partial charge in [-0.15, -0.1) is 10.2 Å². The molecule has 0 aliphatic carbocycles. The average molecular weight is 351 g/mol. The first-order valence-electron chi connectivity index (χ1n) is 8.36. The van der Waals surface area contributed by atoms with Gasteiger partial charge in [-0.05, 0) is 19.4 Å². The van der Waals surface area contributed by atoms with Crippen LogP contribution in [0.2, 0.25) is 0 Å². The Bertz CT molecular complexity index is 841. The van der Waals surface area contributed by atoms with E-state index in [1.165, 1.54) is 17.3 Å². The van der Waals surface area contributed by atoms with Gasteiger partial charge in [0.2, 0.25) is 0 Å². The van der Waals surface area contributed by atoms with Gasteiger partial charge in [-0.25, -0.2) is 0 Å². The van der Waals surface area contributed by atoms with E-state index in [2.05, 4.69) is 33.8 Å². The summed E-state index contributed by atoms with van der Waals surface area (Å²) in [6.07, 6.45) is 0.744. The summed E-state index contributed by atoms with van der Waals surface area (Å²) in [4.78, 5) is 12.3. The number of aromatic nitrogens is 3. The number of Topliss-reactive ketones (excluding diaryl/α,β-unsaturated/α-hetero) is 1. The molecule has 0 aliphatic rings. The Morgan fingerprint density at radius 2 is 1.76 bits per heavy atom. The maximum atomic E-state index is 12.3. The Morgan fingerprint density at radius 3 is 2.44 bits per heavy atom. The monoisotopic (exact) mass is 351 g/mol. The van der Waals surface area contributed by atoms with Crippen molar-refractivity contribution in [2.75, 3.05) is 5.75 Å². The molecule has 3 aromatic rings. The minimum Gasteiger partial charge on any atom is -0.306 e. The summed E-state index contributed by atoms with van der Waals surface area (Å²) in [6.45, 7) is 4.88. The van der Waals surface area contributed by atoms with Gasteiger partial charge in [0.1, 0.15) is 5.82 Å². The molecule has 25 heavy (non-hydrogen) atoms. The van der Waals surface area contributed by atoms with E-state index in [9.17, 15) is 4.79 Å². The number of thioether (sulfide) groups is 1. The fourth-order valence-corrected chi connectivity index (χ4v) is 3.52. The highest BCUT2D eigenvalue weighted by Crippen LogP contribution is 2.20. The highest BCUT2D eigenvalue weighted by Gasteiger charge is 2.14. The molecular weight excluding hydrogens is 330 g/mol. The van der Waals surface area contributed by atoms with Crippen LogP contribution in [0.3, 0.4) is 0 Å². The third-order valence-electron chi connectivity index (χ3n) is 4.02. The van der Waals surface area contributed by atoms with Crippen molar-refractivity contribution in [1.82, 2.24) is 14.8 Å². The van der Waals surface area contributed by atoms with Crippen LogP contribution in [0.5, 0.6) is 0 Å². The van der Waals surface area contributed by atoms with Crippen molar-refractivity contribution < 1.29 is 4.79 Å². The summed E-state index contributed by atoms with van der Waals surface area (Å²) in [7, 11) is 0. The van der Waals surface area contributed by atoms with Crippen molar-refractivity contribution in [1.29, 1.82) is 0 Å². The Morgan fingerprint density at radius 1 is 1.04 bits per heavy atom. The summed E-state index contributed by atoms with van der Waals surface area (Å²) in [5.74, 6) is 1.41. The molecule has 1 aromatic heterocycles. The van der Waals surface area contributed by atoms with Crippen molar-refractivity contribution in [3.63, 3.8) is 0 Å². The summed E-state index contributed by atoms with van der Waals surface area (Å²) >= 11 is 1.45. The zero-order valence-corrected chi connectivity index (χ0v) is 15.3. The minimum atomic E-state index is 0.111. The second kappa shape index (κ2) is 8.12. The predicted molar refractivity (Wildman–Crippen MR) is 101 cm³/mol. The number of aryl methyl sites for hydroxylation is 1. The van der Waals surface area contributed by atoms with E-state index in [1.54, 1.807) is 0 Å². The molecule has 0 N–H and O–H groups in total. The number of benzene rings is 2. The van der Waals surface area contributed by atoms with Gasteiger partial charge in [0.05, 0.1) is 5.75 Å². The first-order valence-corrected chi connectivity index (χ1v) is 9.34. The normalized spacial score (nSPS) is 10.8. The molecule has 2 aromatic carbocycles. The standard InChI is InChI=1S/C20H21N3OS/c1-3-23-19(13-16-7-5-4-6-8-16)21-22-20(23)25-14-18(24)17-11-9-15(2)10-12-17/h4-12H,3,13-14H2,1-2H3. The van der Waals surface area contributed by atoms with E-state index in [0.717, 1.165) is 35.1 Å². The fourth-order valence-electron chi connectivity index (χ4n) is 2.61. The van der Waals surface area contributed by atoms with E-state index in [0.29, 0.717) is 5.75 Å². The zero-order chi connectivity index (χ0) is 17.6. The molecule has 4 nitrogen and oxygen atoms in total. The van der Waals surface area contributed by atoms with E-state index >= 15 is 0 Å². The molecule has 128 valence electrons. The molecule has 0 fully saturated rings. The third kappa shape index (κ3) is 4.37. The van der Waals surface area contributed by atoms with Gasteiger partial charge in [-0.2, -0.15) is 0 Å². The molecule has 0 saturated carbocycles. The van der Waals surface area contributed by atoms with E-state index < -0.39 is 0 Å². The average Bonchev–Trinajstić information content (AvgIpc) is 3.02. The Labute approximate surface area is 152 Å². The molecular formula is C20H21N3OS.